The highest BCUT2D eigenvalue weighted by Gasteiger charge is 2.27. The fraction of sp³-hybridized carbons (Fsp3) is 0.421. The van der Waals surface area contributed by atoms with Crippen LogP contribution < -0.4 is 0 Å². The van der Waals surface area contributed by atoms with Gasteiger partial charge in [-0.3, -0.25) is 9.78 Å². The molecule has 0 bridgehead atoms. The van der Waals surface area contributed by atoms with Gasteiger partial charge in [0, 0.05) is 41.0 Å². The molecule has 2 aromatic rings. The van der Waals surface area contributed by atoms with E-state index in [0.717, 1.165) is 18.5 Å². The molecule has 0 spiro atoms. The lowest BCUT2D eigenvalue weighted by molar-refractivity contribution is 0.0750. The minimum atomic E-state index is -0.255. The molecule has 1 fully saturated rings. The van der Waals surface area contributed by atoms with E-state index in [1.165, 1.54) is 6.20 Å². The molecule has 1 amide bonds. The fourth-order valence-corrected chi connectivity index (χ4v) is 3.14. The highest BCUT2D eigenvalue weighted by Crippen LogP contribution is 2.39. The summed E-state index contributed by atoms with van der Waals surface area (Å²) in [6.45, 7) is 3.92. The van der Waals surface area contributed by atoms with Gasteiger partial charge in [-0.1, -0.05) is 11.6 Å². The molecule has 0 atom stereocenters. The van der Waals surface area contributed by atoms with Crippen LogP contribution in [-0.2, 0) is 13.2 Å². The Morgan fingerprint density at radius 1 is 1.38 bits per heavy atom. The fourth-order valence-electron chi connectivity index (χ4n) is 2.93. The van der Waals surface area contributed by atoms with Gasteiger partial charge in [-0.05, 0) is 38.8 Å². The Hall–Kier alpha value is -2.18. The molecule has 1 aliphatic rings. The maximum absolute atomic E-state index is 13.0. The third-order valence-corrected chi connectivity index (χ3v) is 4.87. The molecule has 0 unspecified atom stereocenters. The molecule has 0 radical (unpaired) electrons. The third-order valence-electron chi connectivity index (χ3n) is 4.67. The maximum Gasteiger partial charge on any atom is 0.254 e. The molecule has 2 heterocycles. The third kappa shape index (κ3) is 3.81. The number of aromatic nitrogens is 2. The van der Waals surface area contributed by atoms with Gasteiger partial charge < -0.3 is 15.1 Å². The van der Waals surface area contributed by atoms with E-state index >= 15 is 0 Å². The maximum atomic E-state index is 13.0. The summed E-state index contributed by atoms with van der Waals surface area (Å²) in [5, 5.41) is 20.2. The number of hydrogen-bond donors (Lipinski definition) is 2. The SMILES string of the molecule is CCN(Cc1c(CO)cnc(C)c1O)C(=O)c1cc(Cl)nc(C2CC2)c1. The standard InChI is InChI=1S/C19H22ClN3O3/c1-3-23(9-15-14(10-24)8-21-11(2)18(15)25)19(26)13-6-16(12-4-5-12)22-17(20)7-13/h6-8,12,24-25H,3-5,9-10H2,1-2H3. The molecule has 7 heteroatoms. The van der Waals surface area contributed by atoms with Gasteiger partial charge in [0.25, 0.3) is 5.91 Å². The number of halogens is 1. The highest BCUT2D eigenvalue weighted by atomic mass is 35.5. The average Bonchev–Trinajstić information content (AvgIpc) is 3.47. The lowest BCUT2D eigenvalue weighted by atomic mass is 10.1. The van der Waals surface area contributed by atoms with Gasteiger partial charge in [-0.2, -0.15) is 0 Å². The number of aryl methyl sites for hydroxylation is 1. The first-order valence-electron chi connectivity index (χ1n) is 8.68. The van der Waals surface area contributed by atoms with Crippen molar-refractivity contribution in [3.8, 4) is 5.75 Å². The number of carbonyl (C=O) groups excluding carboxylic acids is 1. The normalized spacial score (nSPS) is 13.7. The Bertz CT molecular complexity index is 837. The summed E-state index contributed by atoms with van der Waals surface area (Å²) >= 11 is 6.10. The Labute approximate surface area is 157 Å². The van der Waals surface area contributed by atoms with Crippen LogP contribution in [0.4, 0.5) is 0 Å². The van der Waals surface area contributed by atoms with Crippen LogP contribution in [0.25, 0.3) is 0 Å². The largest absolute Gasteiger partial charge is 0.506 e. The molecule has 6 nitrogen and oxygen atoms in total. The second kappa shape index (κ2) is 7.60. The van der Waals surface area contributed by atoms with Crippen LogP contribution in [0.15, 0.2) is 18.3 Å². The number of pyridine rings is 2. The average molecular weight is 376 g/mol. The Morgan fingerprint density at radius 2 is 2.12 bits per heavy atom. The van der Waals surface area contributed by atoms with Crippen molar-refractivity contribution in [3.05, 3.63) is 51.6 Å². The van der Waals surface area contributed by atoms with Crippen LogP contribution in [-0.4, -0.2) is 37.5 Å². The summed E-state index contributed by atoms with van der Waals surface area (Å²) in [5.41, 5.74) is 2.83. The van der Waals surface area contributed by atoms with E-state index in [0.29, 0.717) is 40.0 Å². The molecular formula is C19H22ClN3O3. The first kappa shape index (κ1) is 18.6. The lowest BCUT2D eigenvalue weighted by Gasteiger charge is -2.23. The molecule has 2 N–H and O–H groups in total. The number of hydrogen-bond acceptors (Lipinski definition) is 5. The minimum absolute atomic E-state index is 0.00855. The predicted molar refractivity (Wildman–Crippen MR) is 98.2 cm³/mol. The molecular weight excluding hydrogens is 354 g/mol. The number of nitrogens with zero attached hydrogens (tertiary/aromatic N) is 3. The first-order valence-corrected chi connectivity index (χ1v) is 9.06. The number of rotatable bonds is 6. The van der Waals surface area contributed by atoms with Crippen molar-refractivity contribution in [3.63, 3.8) is 0 Å². The van der Waals surface area contributed by atoms with Crippen LogP contribution in [0, 0.1) is 6.92 Å². The molecule has 3 rings (SSSR count). The predicted octanol–water partition coefficient (Wildman–Crippen LogP) is 3.18. The second-order valence-electron chi connectivity index (χ2n) is 6.55. The van der Waals surface area contributed by atoms with Gasteiger partial charge in [0.2, 0.25) is 0 Å². The molecule has 0 saturated heterocycles. The van der Waals surface area contributed by atoms with E-state index in [-0.39, 0.29) is 24.8 Å². The van der Waals surface area contributed by atoms with E-state index in [2.05, 4.69) is 9.97 Å². The van der Waals surface area contributed by atoms with E-state index in [1.807, 2.05) is 6.92 Å². The number of carbonyl (C=O) groups is 1. The van der Waals surface area contributed by atoms with Crippen molar-refractivity contribution >= 4 is 17.5 Å². The van der Waals surface area contributed by atoms with Crippen molar-refractivity contribution in [2.45, 2.75) is 45.8 Å². The summed E-state index contributed by atoms with van der Waals surface area (Å²) in [5.74, 6) is 0.217. The van der Waals surface area contributed by atoms with Gasteiger partial charge in [-0.15, -0.1) is 0 Å². The summed E-state index contributed by atoms with van der Waals surface area (Å²) in [6.07, 6.45) is 3.67. The quantitative estimate of drug-likeness (QED) is 0.757. The van der Waals surface area contributed by atoms with Crippen molar-refractivity contribution in [2.75, 3.05) is 6.54 Å². The van der Waals surface area contributed by atoms with Crippen molar-refractivity contribution in [1.29, 1.82) is 0 Å². The van der Waals surface area contributed by atoms with Crippen molar-refractivity contribution in [2.24, 2.45) is 0 Å². The number of aliphatic hydroxyl groups excluding tert-OH is 1. The van der Waals surface area contributed by atoms with Crippen LogP contribution in [0.5, 0.6) is 5.75 Å². The Balaban J connectivity index is 1.90. The first-order chi connectivity index (χ1) is 12.4. The summed E-state index contributed by atoms with van der Waals surface area (Å²) < 4.78 is 0. The van der Waals surface area contributed by atoms with E-state index in [1.54, 1.807) is 24.0 Å². The molecule has 2 aromatic heterocycles. The topological polar surface area (TPSA) is 86.5 Å². The van der Waals surface area contributed by atoms with Gasteiger partial charge >= 0.3 is 0 Å². The van der Waals surface area contributed by atoms with Crippen molar-refractivity contribution in [1.82, 2.24) is 14.9 Å². The number of aromatic hydroxyl groups is 1. The van der Waals surface area contributed by atoms with Crippen LogP contribution in [0.1, 0.15) is 58.6 Å². The molecule has 1 aliphatic carbocycles. The van der Waals surface area contributed by atoms with E-state index < -0.39 is 0 Å². The molecule has 138 valence electrons. The number of aliphatic hydroxyl groups is 1. The van der Waals surface area contributed by atoms with Gasteiger partial charge in [0.1, 0.15) is 10.9 Å². The molecule has 0 aliphatic heterocycles. The minimum Gasteiger partial charge on any atom is -0.506 e. The van der Waals surface area contributed by atoms with Gasteiger partial charge in [0.05, 0.1) is 18.8 Å². The molecule has 1 saturated carbocycles. The van der Waals surface area contributed by atoms with Gasteiger partial charge in [0.15, 0.2) is 0 Å². The van der Waals surface area contributed by atoms with E-state index in [4.69, 9.17) is 11.6 Å². The summed E-state index contributed by atoms with van der Waals surface area (Å²) in [7, 11) is 0. The Morgan fingerprint density at radius 3 is 2.73 bits per heavy atom. The zero-order valence-corrected chi connectivity index (χ0v) is 15.6. The van der Waals surface area contributed by atoms with Crippen LogP contribution >= 0.6 is 11.6 Å². The summed E-state index contributed by atoms with van der Waals surface area (Å²) in [6, 6.07) is 3.38. The molecule has 26 heavy (non-hydrogen) atoms. The van der Waals surface area contributed by atoms with Crippen LogP contribution in [0.2, 0.25) is 5.15 Å². The zero-order chi connectivity index (χ0) is 18.8. The molecule has 0 aromatic carbocycles. The zero-order valence-electron chi connectivity index (χ0n) is 14.9. The van der Waals surface area contributed by atoms with Gasteiger partial charge in [-0.25, -0.2) is 4.98 Å². The Kier molecular flexibility index (Phi) is 5.44. The second-order valence-corrected chi connectivity index (χ2v) is 6.94. The number of amides is 1. The van der Waals surface area contributed by atoms with Crippen LogP contribution in [0.3, 0.4) is 0 Å². The monoisotopic (exact) mass is 375 g/mol. The van der Waals surface area contributed by atoms with Crippen molar-refractivity contribution < 1.29 is 15.0 Å². The van der Waals surface area contributed by atoms with E-state index in [9.17, 15) is 15.0 Å². The highest BCUT2D eigenvalue weighted by molar-refractivity contribution is 6.29. The lowest BCUT2D eigenvalue weighted by Crippen LogP contribution is -2.31. The summed E-state index contributed by atoms with van der Waals surface area (Å²) in [4.78, 5) is 23.0. The smallest absolute Gasteiger partial charge is 0.254 e.